The van der Waals surface area contributed by atoms with Gasteiger partial charge < -0.3 is 15.6 Å². The molecule has 3 N–H and O–H groups in total. The molecule has 26 heavy (non-hydrogen) atoms. The highest BCUT2D eigenvalue weighted by molar-refractivity contribution is 7.99. The lowest BCUT2D eigenvalue weighted by Gasteiger charge is -2.10. The summed E-state index contributed by atoms with van der Waals surface area (Å²) < 4.78 is 0. The van der Waals surface area contributed by atoms with E-state index in [0.717, 1.165) is 32.5 Å². The van der Waals surface area contributed by atoms with Crippen LogP contribution < -0.4 is 10.6 Å². The summed E-state index contributed by atoms with van der Waals surface area (Å²) in [4.78, 5) is 9.02. The Bertz CT molecular complexity index is 994. The molecule has 0 atom stereocenters. The quantitative estimate of drug-likeness (QED) is 0.409. The molecule has 0 aliphatic carbocycles. The van der Waals surface area contributed by atoms with E-state index >= 15 is 0 Å². The van der Waals surface area contributed by atoms with Gasteiger partial charge in [-0.1, -0.05) is 42.1 Å². The summed E-state index contributed by atoms with van der Waals surface area (Å²) in [5.41, 5.74) is 3.92. The number of H-pyrrole nitrogens is 1. The minimum atomic E-state index is 0.564. The molecule has 0 saturated carbocycles. The number of aromatic nitrogens is 2. The molecule has 0 amide bonds. The van der Waals surface area contributed by atoms with Crippen molar-refractivity contribution < 1.29 is 0 Å². The number of imidazole rings is 1. The van der Waals surface area contributed by atoms with Gasteiger partial charge in [0.05, 0.1) is 11.0 Å². The van der Waals surface area contributed by atoms with Crippen molar-refractivity contribution in [1.29, 1.82) is 0 Å². The second-order valence-corrected chi connectivity index (χ2v) is 7.10. The van der Waals surface area contributed by atoms with E-state index in [1.807, 2.05) is 78.9 Å². The Balaban J connectivity index is 1.39. The van der Waals surface area contributed by atoms with E-state index in [1.165, 1.54) is 0 Å². The van der Waals surface area contributed by atoms with E-state index in [2.05, 4.69) is 20.6 Å². The zero-order valence-corrected chi connectivity index (χ0v) is 15.4. The lowest BCUT2D eigenvalue weighted by Crippen LogP contribution is -2.18. The Morgan fingerprint density at radius 3 is 2.19 bits per heavy atom. The van der Waals surface area contributed by atoms with Crippen LogP contribution in [-0.4, -0.2) is 15.1 Å². The first-order chi connectivity index (χ1) is 12.8. The fraction of sp³-hybridized carbons (Fsp3) is 0. The van der Waals surface area contributed by atoms with Crippen molar-refractivity contribution in [3.05, 3.63) is 78.9 Å². The molecule has 0 saturated heterocycles. The molecule has 0 aliphatic rings. The molecular formula is C20H16N4S2. The molecule has 0 fully saturated rings. The first kappa shape index (κ1) is 16.6. The van der Waals surface area contributed by atoms with Crippen LogP contribution >= 0.6 is 24.0 Å². The Morgan fingerprint density at radius 2 is 1.46 bits per heavy atom. The van der Waals surface area contributed by atoms with E-state index in [-0.39, 0.29) is 0 Å². The van der Waals surface area contributed by atoms with E-state index in [1.54, 1.807) is 11.8 Å². The van der Waals surface area contributed by atoms with E-state index in [4.69, 9.17) is 12.2 Å². The zero-order valence-electron chi connectivity index (χ0n) is 13.8. The van der Waals surface area contributed by atoms with Gasteiger partial charge in [0.15, 0.2) is 10.3 Å². The Hall–Kier alpha value is -2.83. The number of nitrogens with one attached hydrogen (secondary N) is 3. The van der Waals surface area contributed by atoms with Gasteiger partial charge in [-0.3, -0.25) is 0 Å². The van der Waals surface area contributed by atoms with Crippen molar-refractivity contribution in [3.8, 4) is 0 Å². The van der Waals surface area contributed by atoms with Gasteiger partial charge in [-0.25, -0.2) is 4.98 Å². The molecular weight excluding hydrogens is 360 g/mol. The van der Waals surface area contributed by atoms with Crippen molar-refractivity contribution in [2.45, 2.75) is 10.1 Å². The molecule has 0 radical (unpaired) electrons. The van der Waals surface area contributed by atoms with Gasteiger partial charge in [-0.2, -0.15) is 0 Å². The lowest BCUT2D eigenvalue weighted by molar-refractivity contribution is 1.08. The summed E-state index contributed by atoms with van der Waals surface area (Å²) >= 11 is 6.95. The van der Waals surface area contributed by atoms with E-state index in [9.17, 15) is 0 Å². The third-order valence-corrected chi connectivity index (χ3v) is 4.82. The van der Waals surface area contributed by atoms with Gasteiger partial charge in [0.1, 0.15) is 0 Å². The number of fused-ring (bicyclic) bond motifs is 1. The highest BCUT2D eigenvalue weighted by Gasteiger charge is 2.05. The second-order valence-electron chi connectivity index (χ2n) is 5.63. The molecule has 128 valence electrons. The fourth-order valence-corrected chi connectivity index (χ4v) is 3.55. The summed E-state index contributed by atoms with van der Waals surface area (Å²) in [6.07, 6.45) is 0. The van der Waals surface area contributed by atoms with Gasteiger partial charge in [-0.05, 0) is 60.7 Å². The number of thiocarbonyl (C=S) groups is 1. The highest BCUT2D eigenvalue weighted by Crippen LogP contribution is 2.28. The molecule has 1 aromatic heterocycles. The van der Waals surface area contributed by atoms with Crippen LogP contribution in [0.3, 0.4) is 0 Å². The number of nitrogens with zero attached hydrogens (tertiary/aromatic N) is 1. The molecule has 4 aromatic rings. The maximum Gasteiger partial charge on any atom is 0.175 e. The molecule has 4 rings (SSSR count). The SMILES string of the molecule is S=C(Nc1ccccc1)Nc1ccc(Sc2nc3ccccc3[nH]2)cc1. The van der Waals surface area contributed by atoms with Crippen LogP contribution in [0.15, 0.2) is 88.9 Å². The summed E-state index contributed by atoms with van der Waals surface area (Å²) in [6, 6.07) is 26.0. The maximum atomic E-state index is 5.35. The standard InChI is InChI=1S/C20H16N4S2/c25-19(21-14-6-2-1-3-7-14)22-15-10-12-16(13-11-15)26-20-23-17-8-4-5-9-18(17)24-20/h1-13H,(H,23,24)(H2,21,22,25). The third-order valence-electron chi connectivity index (χ3n) is 3.73. The highest BCUT2D eigenvalue weighted by atomic mass is 32.2. The summed E-state index contributed by atoms with van der Waals surface area (Å²) in [5, 5.41) is 7.80. The topological polar surface area (TPSA) is 52.7 Å². The Kier molecular flexibility index (Phi) is 4.86. The first-order valence-electron chi connectivity index (χ1n) is 8.12. The molecule has 1 heterocycles. The third kappa shape index (κ3) is 4.04. The van der Waals surface area contributed by atoms with E-state index in [0.29, 0.717) is 5.11 Å². The molecule has 0 aliphatic heterocycles. The summed E-state index contributed by atoms with van der Waals surface area (Å²) in [5.74, 6) is 0. The van der Waals surface area contributed by atoms with Crippen LogP contribution in [0, 0.1) is 0 Å². The zero-order chi connectivity index (χ0) is 17.8. The van der Waals surface area contributed by atoms with Crippen LogP contribution in [-0.2, 0) is 0 Å². The molecule has 0 spiro atoms. The number of aromatic amines is 1. The fourth-order valence-electron chi connectivity index (χ4n) is 2.51. The average molecular weight is 377 g/mol. The van der Waals surface area contributed by atoms with Crippen molar-refractivity contribution >= 4 is 51.5 Å². The van der Waals surface area contributed by atoms with Crippen LogP contribution in [0.1, 0.15) is 0 Å². The molecule has 6 heteroatoms. The maximum absolute atomic E-state index is 5.35. The number of benzene rings is 3. The van der Waals surface area contributed by atoms with Crippen LogP contribution in [0.5, 0.6) is 0 Å². The normalized spacial score (nSPS) is 10.6. The number of hydrogen-bond acceptors (Lipinski definition) is 3. The predicted octanol–water partition coefficient (Wildman–Crippen LogP) is 5.52. The number of para-hydroxylation sites is 3. The van der Waals surface area contributed by atoms with Crippen LogP contribution in [0.25, 0.3) is 11.0 Å². The van der Waals surface area contributed by atoms with Gasteiger partial charge in [0.2, 0.25) is 0 Å². The van der Waals surface area contributed by atoms with Gasteiger partial charge >= 0.3 is 0 Å². The summed E-state index contributed by atoms with van der Waals surface area (Å²) in [6.45, 7) is 0. The largest absolute Gasteiger partial charge is 0.333 e. The Morgan fingerprint density at radius 1 is 0.808 bits per heavy atom. The van der Waals surface area contributed by atoms with Crippen LogP contribution in [0.2, 0.25) is 0 Å². The molecule has 3 aromatic carbocycles. The van der Waals surface area contributed by atoms with Crippen molar-refractivity contribution in [3.63, 3.8) is 0 Å². The average Bonchev–Trinajstić information content (AvgIpc) is 3.06. The predicted molar refractivity (Wildman–Crippen MR) is 113 cm³/mol. The lowest BCUT2D eigenvalue weighted by atomic mass is 10.3. The monoisotopic (exact) mass is 376 g/mol. The van der Waals surface area contributed by atoms with Gasteiger partial charge in [-0.15, -0.1) is 0 Å². The van der Waals surface area contributed by atoms with E-state index < -0.39 is 0 Å². The minimum Gasteiger partial charge on any atom is -0.333 e. The minimum absolute atomic E-state index is 0.564. The molecule has 4 nitrogen and oxygen atoms in total. The number of anilines is 2. The smallest absolute Gasteiger partial charge is 0.175 e. The summed E-state index contributed by atoms with van der Waals surface area (Å²) in [7, 11) is 0. The second kappa shape index (κ2) is 7.59. The number of hydrogen-bond donors (Lipinski definition) is 3. The van der Waals surface area contributed by atoms with Gasteiger partial charge in [0.25, 0.3) is 0 Å². The Labute approximate surface area is 161 Å². The van der Waals surface area contributed by atoms with Crippen molar-refractivity contribution in [1.82, 2.24) is 9.97 Å². The van der Waals surface area contributed by atoms with Crippen molar-refractivity contribution in [2.24, 2.45) is 0 Å². The van der Waals surface area contributed by atoms with Crippen LogP contribution in [0.4, 0.5) is 11.4 Å². The number of rotatable bonds is 4. The molecule has 0 unspecified atom stereocenters. The first-order valence-corrected chi connectivity index (χ1v) is 9.34. The molecule has 0 bridgehead atoms. The van der Waals surface area contributed by atoms with Gasteiger partial charge in [0, 0.05) is 16.3 Å². The van der Waals surface area contributed by atoms with Crippen molar-refractivity contribution in [2.75, 3.05) is 10.6 Å².